The van der Waals surface area contributed by atoms with E-state index >= 15 is 0 Å². The molecule has 0 aromatic rings. The normalized spacial score (nSPS) is 15.9. The molecule has 0 saturated heterocycles. The number of imide groups is 1. The Hall–Kier alpha value is -1.12. The second kappa shape index (κ2) is 4.80. The van der Waals surface area contributed by atoms with E-state index < -0.39 is 0 Å². The molecule has 3 heteroatoms. The molecule has 0 saturated carbocycles. The average Bonchev–Trinajstić information content (AvgIpc) is 2.42. The highest BCUT2D eigenvalue weighted by molar-refractivity contribution is 6.12. The number of nitrogens with zero attached hydrogens (tertiary/aromatic N) is 1. The molecular weight excluding hydrogens is 166 g/mol. The van der Waals surface area contributed by atoms with E-state index in [1.54, 1.807) is 0 Å². The van der Waals surface area contributed by atoms with E-state index in [9.17, 15) is 9.59 Å². The van der Waals surface area contributed by atoms with Gasteiger partial charge in [0.25, 0.3) is 11.8 Å². The lowest BCUT2D eigenvalue weighted by Crippen LogP contribution is -2.30. The molecule has 1 aliphatic heterocycles. The van der Waals surface area contributed by atoms with Gasteiger partial charge in [0.1, 0.15) is 0 Å². The van der Waals surface area contributed by atoms with Crippen molar-refractivity contribution in [3.63, 3.8) is 0 Å². The molecule has 1 radical (unpaired) electrons. The van der Waals surface area contributed by atoms with E-state index in [-0.39, 0.29) is 11.8 Å². The van der Waals surface area contributed by atoms with Crippen molar-refractivity contribution < 1.29 is 9.59 Å². The minimum absolute atomic E-state index is 0.175. The van der Waals surface area contributed by atoms with E-state index in [2.05, 4.69) is 6.42 Å². The van der Waals surface area contributed by atoms with Crippen molar-refractivity contribution in [2.45, 2.75) is 26.2 Å². The van der Waals surface area contributed by atoms with Gasteiger partial charge >= 0.3 is 0 Å². The Bertz CT molecular complexity index is 215. The SMILES string of the molecule is C[CH]CCCCN1C(=O)C=CC1=O. The quantitative estimate of drug-likeness (QED) is 0.472. The third kappa shape index (κ3) is 2.68. The van der Waals surface area contributed by atoms with Gasteiger partial charge in [-0.2, -0.15) is 0 Å². The summed E-state index contributed by atoms with van der Waals surface area (Å²) in [4.78, 5) is 23.4. The molecule has 1 rings (SSSR count). The van der Waals surface area contributed by atoms with Gasteiger partial charge in [-0.15, -0.1) is 0 Å². The first-order valence-electron chi connectivity index (χ1n) is 4.57. The summed E-state index contributed by atoms with van der Waals surface area (Å²) >= 11 is 0. The minimum Gasteiger partial charge on any atom is -0.275 e. The molecule has 3 nitrogen and oxygen atoms in total. The first kappa shape index (κ1) is 9.96. The van der Waals surface area contributed by atoms with Crippen LogP contribution in [0.15, 0.2) is 12.2 Å². The molecule has 0 unspecified atom stereocenters. The number of carbonyl (C=O) groups is 2. The Kier molecular flexibility index (Phi) is 3.68. The number of rotatable bonds is 5. The van der Waals surface area contributed by atoms with Crippen molar-refractivity contribution in [3.05, 3.63) is 18.6 Å². The summed E-state index contributed by atoms with van der Waals surface area (Å²) in [6, 6.07) is 0. The highest BCUT2D eigenvalue weighted by Crippen LogP contribution is 2.06. The predicted octanol–water partition coefficient (Wildman–Crippen LogP) is 1.31. The third-order valence-electron chi connectivity index (χ3n) is 2.03. The predicted molar refractivity (Wildman–Crippen MR) is 49.7 cm³/mol. The summed E-state index contributed by atoms with van der Waals surface area (Å²) in [5, 5.41) is 0. The highest BCUT2D eigenvalue weighted by Gasteiger charge is 2.21. The van der Waals surface area contributed by atoms with Gasteiger partial charge < -0.3 is 0 Å². The molecule has 0 aromatic heterocycles. The van der Waals surface area contributed by atoms with Crippen molar-refractivity contribution in [3.8, 4) is 0 Å². The highest BCUT2D eigenvalue weighted by atomic mass is 16.2. The van der Waals surface area contributed by atoms with E-state index in [0.717, 1.165) is 19.3 Å². The monoisotopic (exact) mass is 180 g/mol. The topological polar surface area (TPSA) is 37.4 Å². The second-order valence-electron chi connectivity index (χ2n) is 3.07. The van der Waals surface area contributed by atoms with Crippen LogP contribution in [0.2, 0.25) is 0 Å². The van der Waals surface area contributed by atoms with Gasteiger partial charge in [-0.25, -0.2) is 0 Å². The van der Waals surface area contributed by atoms with Crippen molar-refractivity contribution >= 4 is 11.8 Å². The maximum atomic E-state index is 11.1. The molecule has 1 aliphatic rings. The van der Waals surface area contributed by atoms with Crippen molar-refractivity contribution in [2.24, 2.45) is 0 Å². The van der Waals surface area contributed by atoms with Crippen LogP contribution in [0.4, 0.5) is 0 Å². The molecule has 0 N–H and O–H groups in total. The van der Waals surface area contributed by atoms with Crippen molar-refractivity contribution in [1.29, 1.82) is 0 Å². The Morgan fingerprint density at radius 2 is 1.85 bits per heavy atom. The lowest BCUT2D eigenvalue weighted by Gasteiger charge is -2.12. The van der Waals surface area contributed by atoms with Crippen LogP contribution in [0, 0.1) is 6.42 Å². The van der Waals surface area contributed by atoms with Crippen LogP contribution in [0.25, 0.3) is 0 Å². The van der Waals surface area contributed by atoms with Crippen LogP contribution in [0.3, 0.4) is 0 Å². The number of carbonyl (C=O) groups excluding carboxylic acids is 2. The minimum atomic E-state index is -0.175. The van der Waals surface area contributed by atoms with Crippen LogP contribution in [0.5, 0.6) is 0 Å². The van der Waals surface area contributed by atoms with Gasteiger partial charge in [0.05, 0.1) is 0 Å². The Morgan fingerprint density at radius 3 is 2.38 bits per heavy atom. The van der Waals surface area contributed by atoms with E-state index in [1.807, 2.05) is 6.92 Å². The van der Waals surface area contributed by atoms with Gasteiger partial charge in [-0.3, -0.25) is 14.5 Å². The van der Waals surface area contributed by atoms with Gasteiger partial charge in [0.15, 0.2) is 0 Å². The Morgan fingerprint density at radius 1 is 1.23 bits per heavy atom. The molecule has 2 amide bonds. The summed E-state index contributed by atoms with van der Waals surface area (Å²) in [5.41, 5.74) is 0. The molecule has 0 aliphatic carbocycles. The average molecular weight is 180 g/mol. The van der Waals surface area contributed by atoms with Gasteiger partial charge in [-0.1, -0.05) is 19.8 Å². The van der Waals surface area contributed by atoms with E-state index in [0.29, 0.717) is 6.54 Å². The summed E-state index contributed by atoms with van der Waals surface area (Å²) in [5.74, 6) is -0.351. The standard InChI is InChI=1S/C10H14NO2/c1-2-3-4-5-8-11-9(12)6-7-10(11)13/h2,6-7H,3-5,8H2,1H3. The van der Waals surface area contributed by atoms with E-state index in [1.165, 1.54) is 17.1 Å². The number of unbranched alkanes of at least 4 members (excludes halogenated alkanes) is 3. The first-order chi connectivity index (χ1) is 6.25. The maximum absolute atomic E-state index is 11.1. The third-order valence-corrected chi connectivity index (χ3v) is 2.03. The molecule has 0 atom stereocenters. The summed E-state index contributed by atoms with van der Waals surface area (Å²) in [6.45, 7) is 2.56. The first-order valence-corrected chi connectivity index (χ1v) is 4.57. The zero-order chi connectivity index (χ0) is 9.68. The fourth-order valence-corrected chi connectivity index (χ4v) is 1.27. The van der Waals surface area contributed by atoms with Crippen molar-refractivity contribution in [2.75, 3.05) is 6.54 Å². The van der Waals surface area contributed by atoms with Gasteiger partial charge in [-0.05, 0) is 12.8 Å². The van der Waals surface area contributed by atoms with Crippen LogP contribution in [-0.4, -0.2) is 23.3 Å². The Labute approximate surface area is 78.4 Å². The van der Waals surface area contributed by atoms with Crippen LogP contribution in [0.1, 0.15) is 26.2 Å². The maximum Gasteiger partial charge on any atom is 0.253 e. The fourth-order valence-electron chi connectivity index (χ4n) is 1.27. The molecule has 0 spiro atoms. The smallest absolute Gasteiger partial charge is 0.253 e. The molecule has 0 fully saturated rings. The number of hydrogen-bond donors (Lipinski definition) is 0. The summed E-state index contributed by atoms with van der Waals surface area (Å²) in [7, 11) is 0. The van der Waals surface area contributed by atoms with Crippen LogP contribution in [-0.2, 0) is 9.59 Å². The molecular formula is C10H14NO2. The Balaban J connectivity index is 2.22. The van der Waals surface area contributed by atoms with Crippen LogP contribution >= 0.6 is 0 Å². The lowest BCUT2D eigenvalue weighted by atomic mass is 10.2. The van der Waals surface area contributed by atoms with Gasteiger partial charge in [0.2, 0.25) is 0 Å². The lowest BCUT2D eigenvalue weighted by molar-refractivity contribution is -0.136. The number of amides is 2. The largest absolute Gasteiger partial charge is 0.275 e. The molecule has 71 valence electrons. The molecule has 0 aromatic carbocycles. The summed E-state index contributed by atoms with van der Waals surface area (Å²) < 4.78 is 0. The zero-order valence-corrected chi connectivity index (χ0v) is 7.82. The molecule has 13 heavy (non-hydrogen) atoms. The zero-order valence-electron chi connectivity index (χ0n) is 7.82. The second-order valence-corrected chi connectivity index (χ2v) is 3.07. The summed E-state index contributed by atoms with van der Waals surface area (Å²) in [6.07, 6.45) is 7.72. The number of hydrogen-bond acceptors (Lipinski definition) is 2. The van der Waals surface area contributed by atoms with E-state index in [4.69, 9.17) is 0 Å². The molecule has 0 bridgehead atoms. The fraction of sp³-hybridized carbons (Fsp3) is 0.500. The van der Waals surface area contributed by atoms with Crippen LogP contribution < -0.4 is 0 Å². The van der Waals surface area contributed by atoms with Crippen molar-refractivity contribution in [1.82, 2.24) is 4.90 Å². The molecule has 1 heterocycles. The van der Waals surface area contributed by atoms with Gasteiger partial charge in [0, 0.05) is 18.7 Å².